The Morgan fingerprint density at radius 3 is 1.83 bits per heavy atom. The van der Waals surface area contributed by atoms with Gasteiger partial charge in [-0.25, -0.2) is 0 Å². The third-order valence-corrected chi connectivity index (χ3v) is 6.10. The lowest BCUT2D eigenvalue weighted by Gasteiger charge is -2.54. The highest BCUT2D eigenvalue weighted by molar-refractivity contribution is 5.70. The van der Waals surface area contributed by atoms with Crippen LogP contribution >= 0.6 is 0 Å². The third-order valence-electron chi connectivity index (χ3n) is 6.10. The van der Waals surface area contributed by atoms with Crippen LogP contribution in [-0.2, 0) is 19.6 Å². The van der Waals surface area contributed by atoms with Gasteiger partial charge in [-0.2, -0.15) is 0 Å². The smallest absolute Gasteiger partial charge is 0.161 e. The van der Waals surface area contributed by atoms with Crippen LogP contribution in [0.3, 0.4) is 0 Å². The predicted molar refractivity (Wildman–Crippen MR) is 120 cm³/mol. The summed E-state index contributed by atoms with van der Waals surface area (Å²) in [7, 11) is 5.66. The molecule has 0 atom stereocenters. The Balaban J connectivity index is 1.57. The van der Waals surface area contributed by atoms with Gasteiger partial charge in [0.1, 0.15) is 11.5 Å². The molecule has 0 N–H and O–H groups in total. The fourth-order valence-corrected chi connectivity index (χ4v) is 4.74. The lowest BCUT2D eigenvalue weighted by Crippen LogP contribution is -2.62. The molecular weight excluding hydrogens is 374 g/mol. The summed E-state index contributed by atoms with van der Waals surface area (Å²) in [5, 5.41) is 0. The molecule has 5 heteroatoms. The molecule has 0 saturated carbocycles. The Hall–Kier alpha value is -3.18. The summed E-state index contributed by atoms with van der Waals surface area (Å²) < 4.78 is 11.0. The fourth-order valence-electron chi connectivity index (χ4n) is 4.74. The summed E-state index contributed by atoms with van der Waals surface area (Å²) in [6, 6.07) is 23.5. The molecule has 2 aliphatic heterocycles. The number of fused-ring (bicyclic) bond motifs is 6. The minimum absolute atomic E-state index is 0.145. The summed E-state index contributed by atoms with van der Waals surface area (Å²) in [6.07, 6.45) is 0.145. The van der Waals surface area contributed by atoms with Crippen LogP contribution in [0, 0.1) is 0 Å². The fraction of sp³-hybridized carbons (Fsp3) is 0.280. The van der Waals surface area contributed by atoms with Crippen LogP contribution in [0.15, 0.2) is 66.7 Å². The van der Waals surface area contributed by atoms with Crippen LogP contribution in [0.2, 0.25) is 0 Å². The van der Waals surface area contributed by atoms with E-state index in [0.717, 1.165) is 31.1 Å². The first-order valence-corrected chi connectivity index (χ1v) is 10.3. The normalized spacial score (nSPS) is 15.1. The Morgan fingerprint density at radius 2 is 1.33 bits per heavy atom. The van der Waals surface area contributed by atoms with Gasteiger partial charge < -0.3 is 19.3 Å². The molecule has 0 unspecified atom stereocenters. The summed E-state index contributed by atoms with van der Waals surface area (Å²) >= 11 is 0. The first-order chi connectivity index (χ1) is 14.7. The molecule has 0 aromatic heterocycles. The monoisotopic (exact) mass is 401 g/mol. The minimum Gasteiger partial charge on any atom is -0.497 e. The third kappa shape index (κ3) is 3.15. The van der Waals surface area contributed by atoms with Crippen LogP contribution in [0.4, 0.5) is 11.4 Å². The average molecular weight is 402 g/mol. The van der Waals surface area contributed by atoms with Gasteiger partial charge in [0.15, 0.2) is 6.29 Å². The van der Waals surface area contributed by atoms with Gasteiger partial charge in [0, 0.05) is 31.0 Å². The lowest BCUT2D eigenvalue weighted by molar-refractivity contribution is 0.202. The van der Waals surface area contributed by atoms with Gasteiger partial charge in [-0.05, 0) is 60.1 Å². The SMILES string of the molecule is COc1ccc2c(c1)CN1c3ccc(OC)cc3CN2C1N(C)Cc1ccccc1. The quantitative estimate of drug-likeness (QED) is 0.629. The van der Waals surface area contributed by atoms with E-state index < -0.39 is 0 Å². The second kappa shape index (κ2) is 7.58. The highest BCUT2D eigenvalue weighted by Gasteiger charge is 2.40. The van der Waals surface area contributed by atoms with Crippen molar-refractivity contribution in [3.63, 3.8) is 0 Å². The highest BCUT2D eigenvalue weighted by Crippen LogP contribution is 2.44. The average Bonchev–Trinajstić information content (AvgIpc) is 2.78. The Bertz CT molecular complexity index is 992. The number of benzene rings is 3. The van der Waals surface area contributed by atoms with E-state index in [9.17, 15) is 0 Å². The zero-order valence-corrected chi connectivity index (χ0v) is 17.7. The maximum atomic E-state index is 5.49. The summed E-state index contributed by atoms with van der Waals surface area (Å²) in [4.78, 5) is 7.40. The standard InChI is InChI=1S/C25H27N3O2/c1-26(15-18-7-5-4-6-8-18)25-27-16-19-13-21(29-2)9-11-23(19)28(25)17-20-14-22(30-3)10-12-24(20)27/h4-14,25H,15-17H2,1-3H3. The second-order valence-electron chi connectivity index (χ2n) is 7.99. The lowest BCUT2D eigenvalue weighted by atomic mass is 9.99. The maximum absolute atomic E-state index is 5.49. The molecule has 5 nitrogen and oxygen atoms in total. The number of nitrogens with zero attached hydrogens (tertiary/aromatic N) is 3. The van der Waals surface area contributed by atoms with E-state index in [-0.39, 0.29) is 6.29 Å². The van der Waals surface area contributed by atoms with E-state index in [1.807, 2.05) is 0 Å². The number of anilines is 2. The molecule has 3 aromatic rings. The van der Waals surface area contributed by atoms with E-state index in [0.29, 0.717) is 0 Å². The van der Waals surface area contributed by atoms with Gasteiger partial charge in [-0.1, -0.05) is 30.3 Å². The molecule has 3 aromatic carbocycles. The molecule has 0 saturated heterocycles. The molecule has 0 radical (unpaired) electrons. The molecule has 2 heterocycles. The highest BCUT2D eigenvalue weighted by atomic mass is 16.5. The molecule has 2 bridgehead atoms. The first-order valence-electron chi connectivity index (χ1n) is 10.3. The van der Waals surface area contributed by atoms with Crippen molar-refractivity contribution in [3.8, 4) is 11.5 Å². The molecule has 5 rings (SSSR count). The summed E-state index contributed by atoms with van der Waals surface area (Å²) in [5.41, 5.74) is 6.44. The van der Waals surface area contributed by atoms with E-state index in [2.05, 4.69) is 88.5 Å². The molecule has 0 spiro atoms. The summed E-state index contributed by atoms with van der Waals surface area (Å²) in [6.45, 7) is 2.56. The molecular formula is C25H27N3O2. The number of hydrogen-bond donors (Lipinski definition) is 0. The molecule has 0 fully saturated rings. The largest absolute Gasteiger partial charge is 0.497 e. The summed E-state index contributed by atoms with van der Waals surface area (Å²) in [5.74, 6) is 1.81. The Kier molecular flexibility index (Phi) is 4.75. The number of ether oxygens (including phenoxy) is 2. The van der Waals surface area contributed by atoms with Gasteiger partial charge in [0.2, 0.25) is 0 Å². The van der Waals surface area contributed by atoms with Crippen molar-refractivity contribution in [1.29, 1.82) is 0 Å². The zero-order chi connectivity index (χ0) is 20.7. The van der Waals surface area contributed by atoms with Crippen molar-refractivity contribution < 1.29 is 9.47 Å². The van der Waals surface area contributed by atoms with Crippen molar-refractivity contribution in [2.75, 3.05) is 31.1 Å². The van der Waals surface area contributed by atoms with Crippen molar-refractivity contribution in [2.24, 2.45) is 0 Å². The second-order valence-corrected chi connectivity index (χ2v) is 7.99. The van der Waals surface area contributed by atoms with E-state index >= 15 is 0 Å². The van der Waals surface area contributed by atoms with Gasteiger partial charge in [0.05, 0.1) is 14.2 Å². The Morgan fingerprint density at radius 1 is 0.800 bits per heavy atom. The van der Waals surface area contributed by atoms with Crippen LogP contribution in [0.5, 0.6) is 11.5 Å². The topological polar surface area (TPSA) is 28.2 Å². The van der Waals surface area contributed by atoms with Crippen molar-refractivity contribution in [2.45, 2.75) is 25.9 Å². The van der Waals surface area contributed by atoms with E-state index in [4.69, 9.17) is 9.47 Å². The van der Waals surface area contributed by atoms with E-state index in [1.165, 1.54) is 28.1 Å². The van der Waals surface area contributed by atoms with Crippen LogP contribution in [0.25, 0.3) is 0 Å². The van der Waals surface area contributed by atoms with Gasteiger partial charge in [0.25, 0.3) is 0 Å². The molecule has 0 aliphatic carbocycles. The zero-order valence-electron chi connectivity index (χ0n) is 17.7. The van der Waals surface area contributed by atoms with Crippen LogP contribution in [0.1, 0.15) is 16.7 Å². The van der Waals surface area contributed by atoms with Crippen molar-refractivity contribution in [3.05, 3.63) is 83.4 Å². The van der Waals surface area contributed by atoms with Crippen LogP contribution < -0.4 is 19.3 Å². The van der Waals surface area contributed by atoms with Crippen molar-refractivity contribution >= 4 is 11.4 Å². The predicted octanol–water partition coefficient (Wildman–Crippen LogP) is 4.46. The van der Waals surface area contributed by atoms with Crippen LogP contribution in [-0.4, -0.2) is 32.5 Å². The van der Waals surface area contributed by atoms with Gasteiger partial charge >= 0.3 is 0 Å². The minimum atomic E-state index is 0.145. The first kappa shape index (κ1) is 18.8. The van der Waals surface area contributed by atoms with Crippen molar-refractivity contribution in [1.82, 2.24) is 4.90 Å². The Labute approximate surface area is 178 Å². The molecule has 0 amide bonds. The number of methoxy groups -OCH3 is 2. The maximum Gasteiger partial charge on any atom is 0.161 e. The van der Waals surface area contributed by atoms with Gasteiger partial charge in [-0.15, -0.1) is 0 Å². The number of hydrogen-bond acceptors (Lipinski definition) is 5. The van der Waals surface area contributed by atoms with E-state index in [1.54, 1.807) is 14.2 Å². The molecule has 154 valence electrons. The molecule has 30 heavy (non-hydrogen) atoms. The number of rotatable bonds is 5. The molecule has 2 aliphatic rings. The van der Waals surface area contributed by atoms with Gasteiger partial charge in [-0.3, -0.25) is 4.90 Å².